The van der Waals surface area contributed by atoms with E-state index in [1.165, 1.54) is 11.1 Å². The van der Waals surface area contributed by atoms with Gasteiger partial charge in [-0.2, -0.15) is 0 Å². The Hall–Kier alpha value is -1.74. The summed E-state index contributed by atoms with van der Waals surface area (Å²) < 4.78 is 0. The third-order valence-electron chi connectivity index (χ3n) is 4.08. The molecule has 22 heavy (non-hydrogen) atoms. The van der Waals surface area contributed by atoms with Gasteiger partial charge in [0.25, 0.3) is 0 Å². The summed E-state index contributed by atoms with van der Waals surface area (Å²) in [5, 5.41) is 3.98. The Balaban J connectivity index is 1.83. The van der Waals surface area contributed by atoms with Gasteiger partial charge in [0.15, 0.2) is 0 Å². The lowest BCUT2D eigenvalue weighted by Gasteiger charge is -2.35. The van der Waals surface area contributed by atoms with Crippen LogP contribution < -0.4 is 5.32 Å². The molecule has 1 fully saturated rings. The first kappa shape index (κ1) is 15.2. The molecule has 1 unspecified atom stereocenters. The number of rotatable bonds is 3. The van der Waals surface area contributed by atoms with E-state index in [-0.39, 0.29) is 11.9 Å². The molecule has 1 amide bonds. The van der Waals surface area contributed by atoms with Crippen LogP contribution in [0.2, 0.25) is 0 Å². The van der Waals surface area contributed by atoms with Crippen LogP contribution in [-0.2, 0) is 4.79 Å². The second-order valence-electron chi connectivity index (χ2n) is 5.80. The van der Waals surface area contributed by atoms with Crippen molar-refractivity contribution in [1.29, 1.82) is 0 Å². The second-order valence-corrected chi connectivity index (χ2v) is 7.21. The molecule has 2 aromatic carbocycles. The molecule has 2 aromatic rings. The molecular formula is C19H21NOS. The summed E-state index contributed by atoms with van der Waals surface area (Å²) in [6.07, 6.45) is 2.00. The maximum absolute atomic E-state index is 11.5. The minimum Gasteiger partial charge on any atom is -0.354 e. The van der Waals surface area contributed by atoms with Crippen molar-refractivity contribution in [2.75, 3.05) is 0 Å². The number of carbonyl (C=O) groups is 1. The fourth-order valence-corrected chi connectivity index (χ4v) is 4.80. The molecule has 1 aliphatic heterocycles. The van der Waals surface area contributed by atoms with Crippen molar-refractivity contribution < 1.29 is 4.79 Å². The van der Waals surface area contributed by atoms with E-state index in [0.29, 0.717) is 10.5 Å². The average Bonchev–Trinajstić information content (AvgIpc) is 2.55. The first-order chi connectivity index (χ1) is 10.7. The van der Waals surface area contributed by atoms with Gasteiger partial charge in [0, 0.05) is 23.5 Å². The number of benzene rings is 2. The summed E-state index contributed by atoms with van der Waals surface area (Å²) >= 11 is 2.02. The van der Waals surface area contributed by atoms with Crippen LogP contribution in [0.15, 0.2) is 60.7 Å². The highest BCUT2D eigenvalue weighted by atomic mass is 32.2. The molecule has 0 aliphatic carbocycles. The summed E-state index contributed by atoms with van der Waals surface area (Å²) in [5.41, 5.74) is 2.70. The zero-order chi connectivity index (χ0) is 15.4. The molecule has 3 heteroatoms. The zero-order valence-corrected chi connectivity index (χ0v) is 13.6. The second kappa shape index (κ2) is 7.01. The maximum Gasteiger partial charge on any atom is 0.217 e. The van der Waals surface area contributed by atoms with E-state index >= 15 is 0 Å². The van der Waals surface area contributed by atoms with Gasteiger partial charge in [0.1, 0.15) is 0 Å². The third kappa shape index (κ3) is 3.72. The van der Waals surface area contributed by atoms with E-state index in [1.54, 1.807) is 6.92 Å². The number of hydrogen-bond donors (Lipinski definition) is 1. The van der Waals surface area contributed by atoms with Crippen LogP contribution >= 0.6 is 11.8 Å². The van der Waals surface area contributed by atoms with Gasteiger partial charge < -0.3 is 5.32 Å². The van der Waals surface area contributed by atoms with Crippen molar-refractivity contribution in [3.8, 4) is 0 Å². The number of carbonyl (C=O) groups excluding carboxylic acids is 1. The van der Waals surface area contributed by atoms with E-state index in [0.717, 1.165) is 12.8 Å². The van der Waals surface area contributed by atoms with Gasteiger partial charge in [0.05, 0.1) is 0 Å². The monoisotopic (exact) mass is 311 g/mol. The van der Waals surface area contributed by atoms with Crippen molar-refractivity contribution in [3.05, 3.63) is 71.8 Å². The summed E-state index contributed by atoms with van der Waals surface area (Å²) in [6, 6.07) is 21.5. The van der Waals surface area contributed by atoms with Gasteiger partial charge in [0.2, 0.25) is 5.91 Å². The predicted octanol–water partition coefficient (Wildman–Crippen LogP) is 4.50. The highest BCUT2D eigenvalue weighted by Gasteiger charge is 2.31. The lowest BCUT2D eigenvalue weighted by Crippen LogP contribution is -2.37. The Bertz CT molecular complexity index is 566. The lowest BCUT2D eigenvalue weighted by atomic mass is 9.97. The molecule has 0 spiro atoms. The number of thioether (sulfide) groups is 1. The molecule has 1 N–H and O–H groups in total. The Kier molecular flexibility index (Phi) is 4.84. The molecular weight excluding hydrogens is 290 g/mol. The third-order valence-corrected chi connectivity index (χ3v) is 5.66. The SMILES string of the molecule is CC(=O)NC1C[C@@H](c2ccccc2)S[C@@H](c2ccccc2)C1. The Labute approximate surface area is 136 Å². The molecule has 3 rings (SSSR count). The molecule has 3 atom stereocenters. The van der Waals surface area contributed by atoms with Gasteiger partial charge in [-0.15, -0.1) is 11.8 Å². The lowest BCUT2D eigenvalue weighted by molar-refractivity contribution is -0.119. The molecule has 0 aromatic heterocycles. The van der Waals surface area contributed by atoms with Crippen LogP contribution in [0.1, 0.15) is 41.4 Å². The topological polar surface area (TPSA) is 29.1 Å². The molecule has 1 aliphatic rings. The highest BCUT2D eigenvalue weighted by Crippen LogP contribution is 2.49. The van der Waals surface area contributed by atoms with E-state index in [9.17, 15) is 4.79 Å². The summed E-state index contributed by atoms with van der Waals surface area (Å²) in [6.45, 7) is 1.61. The quantitative estimate of drug-likeness (QED) is 0.904. The van der Waals surface area contributed by atoms with Crippen LogP contribution in [0.4, 0.5) is 0 Å². The van der Waals surface area contributed by atoms with Gasteiger partial charge in [-0.3, -0.25) is 4.79 Å². The largest absolute Gasteiger partial charge is 0.354 e. The van der Waals surface area contributed by atoms with Crippen LogP contribution in [0.3, 0.4) is 0 Å². The zero-order valence-electron chi connectivity index (χ0n) is 12.7. The van der Waals surface area contributed by atoms with Crippen molar-refractivity contribution in [1.82, 2.24) is 5.32 Å². The van der Waals surface area contributed by atoms with Crippen molar-refractivity contribution in [2.24, 2.45) is 0 Å². The molecule has 1 saturated heterocycles. The summed E-state index contributed by atoms with van der Waals surface area (Å²) in [7, 11) is 0. The first-order valence-corrected chi connectivity index (χ1v) is 8.69. The number of amides is 1. The maximum atomic E-state index is 11.5. The number of nitrogens with one attached hydrogen (secondary N) is 1. The fraction of sp³-hybridized carbons (Fsp3) is 0.316. The molecule has 0 saturated carbocycles. The van der Waals surface area contributed by atoms with Gasteiger partial charge in [-0.25, -0.2) is 0 Å². The molecule has 114 valence electrons. The fourth-order valence-electron chi connectivity index (χ4n) is 3.09. The van der Waals surface area contributed by atoms with E-state index in [4.69, 9.17) is 0 Å². The molecule has 1 heterocycles. The van der Waals surface area contributed by atoms with Gasteiger partial charge >= 0.3 is 0 Å². The summed E-state index contributed by atoms with van der Waals surface area (Å²) in [5.74, 6) is 0.0653. The normalized spacial score (nSPS) is 24.7. The van der Waals surface area contributed by atoms with Crippen LogP contribution in [0, 0.1) is 0 Å². The Morgan fingerprint density at radius 1 is 0.909 bits per heavy atom. The molecule has 0 radical (unpaired) electrons. The van der Waals surface area contributed by atoms with Crippen molar-refractivity contribution in [3.63, 3.8) is 0 Å². The smallest absolute Gasteiger partial charge is 0.217 e. The van der Waals surface area contributed by atoms with E-state index < -0.39 is 0 Å². The Morgan fingerprint density at radius 2 is 1.36 bits per heavy atom. The predicted molar refractivity (Wildman–Crippen MR) is 92.8 cm³/mol. The average molecular weight is 311 g/mol. The Morgan fingerprint density at radius 3 is 1.77 bits per heavy atom. The standard InChI is InChI=1S/C19H21NOS/c1-14(21)20-17-12-18(15-8-4-2-5-9-15)22-19(13-17)16-10-6-3-7-11-16/h2-11,17-19H,12-13H2,1H3,(H,20,21)/t17?,18-,19+. The van der Waals surface area contributed by atoms with Crippen molar-refractivity contribution in [2.45, 2.75) is 36.3 Å². The van der Waals surface area contributed by atoms with Crippen LogP contribution in [-0.4, -0.2) is 11.9 Å². The van der Waals surface area contributed by atoms with Crippen LogP contribution in [0.25, 0.3) is 0 Å². The van der Waals surface area contributed by atoms with Gasteiger partial charge in [-0.1, -0.05) is 60.7 Å². The highest BCUT2D eigenvalue weighted by molar-refractivity contribution is 7.99. The first-order valence-electron chi connectivity index (χ1n) is 7.75. The van der Waals surface area contributed by atoms with Crippen molar-refractivity contribution >= 4 is 17.7 Å². The number of hydrogen-bond acceptors (Lipinski definition) is 2. The van der Waals surface area contributed by atoms with Gasteiger partial charge in [-0.05, 0) is 24.0 Å². The van der Waals surface area contributed by atoms with E-state index in [2.05, 4.69) is 66.0 Å². The molecule has 0 bridgehead atoms. The molecule has 2 nitrogen and oxygen atoms in total. The van der Waals surface area contributed by atoms with Crippen LogP contribution in [0.5, 0.6) is 0 Å². The van der Waals surface area contributed by atoms with E-state index in [1.807, 2.05) is 11.8 Å². The minimum absolute atomic E-state index is 0.0653. The minimum atomic E-state index is 0.0653. The summed E-state index contributed by atoms with van der Waals surface area (Å²) in [4.78, 5) is 11.5.